The SMILES string of the molecule is COC(=O)c1cccnc1NCCOC(N)=O. The number of esters is 1. The molecule has 7 heteroatoms. The van der Waals surface area contributed by atoms with E-state index in [0.717, 1.165) is 0 Å². The summed E-state index contributed by atoms with van der Waals surface area (Å²) in [5, 5.41) is 2.84. The molecule has 0 saturated heterocycles. The van der Waals surface area contributed by atoms with Crippen molar-refractivity contribution in [1.29, 1.82) is 0 Å². The molecule has 17 heavy (non-hydrogen) atoms. The van der Waals surface area contributed by atoms with Crippen LogP contribution in [0.2, 0.25) is 0 Å². The largest absolute Gasteiger partial charge is 0.465 e. The van der Waals surface area contributed by atoms with Gasteiger partial charge in [-0.25, -0.2) is 14.6 Å². The Morgan fingerprint density at radius 2 is 2.29 bits per heavy atom. The van der Waals surface area contributed by atoms with Gasteiger partial charge >= 0.3 is 12.1 Å². The molecule has 1 aromatic heterocycles. The van der Waals surface area contributed by atoms with Crippen LogP contribution >= 0.6 is 0 Å². The lowest BCUT2D eigenvalue weighted by Crippen LogP contribution is -2.19. The van der Waals surface area contributed by atoms with Crippen molar-refractivity contribution in [3.63, 3.8) is 0 Å². The average molecular weight is 239 g/mol. The highest BCUT2D eigenvalue weighted by Crippen LogP contribution is 2.11. The van der Waals surface area contributed by atoms with Crippen molar-refractivity contribution >= 4 is 17.9 Å². The van der Waals surface area contributed by atoms with Crippen molar-refractivity contribution in [2.24, 2.45) is 5.73 Å². The minimum atomic E-state index is -0.846. The number of nitrogens with one attached hydrogen (secondary N) is 1. The number of ether oxygens (including phenoxy) is 2. The molecule has 92 valence electrons. The lowest BCUT2D eigenvalue weighted by atomic mass is 10.2. The van der Waals surface area contributed by atoms with Gasteiger partial charge in [0, 0.05) is 6.20 Å². The maximum atomic E-state index is 11.4. The van der Waals surface area contributed by atoms with E-state index in [1.54, 1.807) is 12.1 Å². The molecule has 0 spiro atoms. The third-order valence-corrected chi connectivity index (χ3v) is 1.85. The molecule has 0 unspecified atom stereocenters. The molecule has 1 aromatic rings. The predicted molar refractivity (Wildman–Crippen MR) is 59.6 cm³/mol. The molecule has 0 bridgehead atoms. The maximum Gasteiger partial charge on any atom is 0.404 e. The Balaban J connectivity index is 2.58. The zero-order chi connectivity index (χ0) is 12.7. The maximum absolute atomic E-state index is 11.4. The average Bonchev–Trinajstić information content (AvgIpc) is 2.34. The van der Waals surface area contributed by atoms with Gasteiger partial charge in [-0.1, -0.05) is 0 Å². The molecule has 0 aliphatic heterocycles. The van der Waals surface area contributed by atoms with E-state index in [1.165, 1.54) is 13.3 Å². The van der Waals surface area contributed by atoms with Crippen LogP contribution in [-0.2, 0) is 9.47 Å². The highest BCUT2D eigenvalue weighted by molar-refractivity contribution is 5.94. The minimum Gasteiger partial charge on any atom is -0.465 e. The zero-order valence-electron chi connectivity index (χ0n) is 9.30. The van der Waals surface area contributed by atoms with Crippen LogP contribution in [0.5, 0.6) is 0 Å². The van der Waals surface area contributed by atoms with E-state index in [-0.39, 0.29) is 6.61 Å². The van der Waals surface area contributed by atoms with Gasteiger partial charge in [-0.2, -0.15) is 0 Å². The first-order chi connectivity index (χ1) is 8.15. The summed E-state index contributed by atoms with van der Waals surface area (Å²) < 4.78 is 9.12. The van der Waals surface area contributed by atoms with Gasteiger partial charge in [0.2, 0.25) is 0 Å². The van der Waals surface area contributed by atoms with Gasteiger partial charge in [-0.3, -0.25) is 0 Å². The highest BCUT2D eigenvalue weighted by Gasteiger charge is 2.11. The molecule has 0 atom stereocenters. The van der Waals surface area contributed by atoms with Crippen molar-refractivity contribution < 1.29 is 19.1 Å². The second-order valence-corrected chi connectivity index (χ2v) is 2.99. The summed E-state index contributed by atoms with van der Waals surface area (Å²) in [6.45, 7) is 0.385. The quantitative estimate of drug-likeness (QED) is 0.568. The molecular formula is C10H13N3O4. The van der Waals surface area contributed by atoms with Crippen LogP contribution < -0.4 is 11.1 Å². The fourth-order valence-electron chi connectivity index (χ4n) is 1.14. The van der Waals surface area contributed by atoms with E-state index in [9.17, 15) is 9.59 Å². The van der Waals surface area contributed by atoms with Crippen molar-refractivity contribution in [2.75, 3.05) is 25.6 Å². The summed E-state index contributed by atoms with van der Waals surface area (Å²) >= 11 is 0. The molecule has 0 saturated carbocycles. The van der Waals surface area contributed by atoms with Crippen LogP contribution in [0.1, 0.15) is 10.4 Å². The Bertz CT molecular complexity index is 408. The number of hydrogen-bond acceptors (Lipinski definition) is 6. The molecule has 1 rings (SSSR count). The number of rotatable bonds is 5. The van der Waals surface area contributed by atoms with Gasteiger partial charge in [-0.15, -0.1) is 0 Å². The molecule has 3 N–H and O–H groups in total. The number of aromatic nitrogens is 1. The monoisotopic (exact) mass is 239 g/mol. The van der Waals surface area contributed by atoms with E-state index in [0.29, 0.717) is 17.9 Å². The van der Waals surface area contributed by atoms with Gasteiger partial charge in [0.15, 0.2) is 0 Å². The third-order valence-electron chi connectivity index (χ3n) is 1.85. The Kier molecular flexibility index (Phi) is 4.74. The molecule has 1 amide bonds. The Morgan fingerprint density at radius 1 is 1.53 bits per heavy atom. The topological polar surface area (TPSA) is 104 Å². The van der Waals surface area contributed by atoms with Gasteiger partial charge < -0.3 is 20.5 Å². The van der Waals surface area contributed by atoms with Crippen LogP contribution in [0.25, 0.3) is 0 Å². The molecular weight excluding hydrogens is 226 g/mol. The Labute approximate surface area is 97.9 Å². The molecule has 7 nitrogen and oxygen atoms in total. The first-order valence-electron chi connectivity index (χ1n) is 4.84. The fraction of sp³-hybridized carbons (Fsp3) is 0.300. The first kappa shape index (κ1) is 12.8. The Morgan fingerprint density at radius 3 is 2.94 bits per heavy atom. The second kappa shape index (κ2) is 6.31. The van der Waals surface area contributed by atoms with Crippen LogP contribution in [0.4, 0.5) is 10.6 Å². The normalized spacial score (nSPS) is 9.47. The lowest BCUT2D eigenvalue weighted by molar-refractivity contribution is 0.0601. The van der Waals surface area contributed by atoms with Crippen LogP contribution in [0.15, 0.2) is 18.3 Å². The molecule has 0 aliphatic carbocycles. The molecule has 0 radical (unpaired) electrons. The second-order valence-electron chi connectivity index (χ2n) is 2.99. The molecule has 0 aromatic carbocycles. The summed E-state index contributed by atoms with van der Waals surface area (Å²) in [5.41, 5.74) is 5.11. The van der Waals surface area contributed by atoms with Crippen molar-refractivity contribution in [3.8, 4) is 0 Å². The number of hydrogen-bond donors (Lipinski definition) is 2. The number of anilines is 1. The number of nitrogens with zero attached hydrogens (tertiary/aromatic N) is 1. The third kappa shape index (κ3) is 3.98. The fourth-order valence-corrected chi connectivity index (χ4v) is 1.14. The van der Waals surface area contributed by atoms with E-state index in [2.05, 4.69) is 19.8 Å². The minimum absolute atomic E-state index is 0.0898. The van der Waals surface area contributed by atoms with Crippen molar-refractivity contribution in [2.45, 2.75) is 0 Å². The summed E-state index contributed by atoms with van der Waals surface area (Å²) in [6.07, 6.45) is 0.685. The highest BCUT2D eigenvalue weighted by atomic mass is 16.5. The molecule has 0 fully saturated rings. The number of nitrogens with two attached hydrogens (primary N) is 1. The zero-order valence-corrected chi connectivity index (χ0v) is 9.30. The number of carbonyl (C=O) groups is 2. The van der Waals surface area contributed by atoms with Gasteiger partial charge in [0.25, 0.3) is 0 Å². The van der Waals surface area contributed by atoms with E-state index >= 15 is 0 Å². The number of primary amides is 1. The Hall–Kier alpha value is -2.31. The smallest absolute Gasteiger partial charge is 0.404 e. The number of methoxy groups -OCH3 is 1. The first-order valence-corrected chi connectivity index (χ1v) is 4.84. The van der Waals surface area contributed by atoms with Gasteiger partial charge in [-0.05, 0) is 12.1 Å². The van der Waals surface area contributed by atoms with E-state index < -0.39 is 12.1 Å². The number of amides is 1. The van der Waals surface area contributed by atoms with Gasteiger partial charge in [0.05, 0.1) is 13.7 Å². The summed E-state index contributed by atoms with van der Waals surface area (Å²) in [4.78, 5) is 25.7. The number of pyridine rings is 1. The van der Waals surface area contributed by atoms with Crippen LogP contribution in [-0.4, -0.2) is 37.3 Å². The molecule has 1 heterocycles. The van der Waals surface area contributed by atoms with E-state index in [1.807, 2.05) is 0 Å². The van der Waals surface area contributed by atoms with Crippen molar-refractivity contribution in [1.82, 2.24) is 4.98 Å². The summed E-state index contributed by atoms with van der Waals surface area (Å²) in [5.74, 6) is -0.121. The van der Waals surface area contributed by atoms with Crippen molar-refractivity contribution in [3.05, 3.63) is 23.9 Å². The van der Waals surface area contributed by atoms with Crippen LogP contribution in [0.3, 0.4) is 0 Å². The number of carbonyl (C=O) groups excluding carboxylic acids is 2. The van der Waals surface area contributed by atoms with Crippen LogP contribution in [0, 0.1) is 0 Å². The van der Waals surface area contributed by atoms with Gasteiger partial charge in [0.1, 0.15) is 18.0 Å². The molecule has 0 aliphatic rings. The lowest BCUT2D eigenvalue weighted by Gasteiger charge is -2.08. The standard InChI is InChI=1S/C10H13N3O4/c1-16-9(14)7-3-2-4-12-8(7)13-5-6-17-10(11)15/h2-4H,5-6H2,1H3,(H2,11,15)(H,12,13). The summed E-state index contributed by atoms with van der Waals surface area (Å²) in [7, 11) is 1.29. The summed E-state index contributed by atoms with van der Waals surface area (Å²) in [6, 6.07) is 3.20. The van der Waals surface area contributed by atoms with E-state index in [4.69, 9.17) is 5.73 Å². The predicted octanol–water partition coefficient (Wildman–Crippen LogP) is 0.375.